The van der Waals surface area contributed by atoms with Gasteiger partial charge in [0, 0.05) is 49.8 Å². The number of carbonyl (C=O) groups excluding carboxylic acids is 2. The van der Waals surface area contributed by atoms with Crippen molar-refractivity contribution in [3.63, 3.8) is 0 Å². The fourth-order valence-electron chi connectivity index (χ4n) is 2.83. The van der Waals surface area contributed by atoms with E-state index in [9.17, 15) is 22.8 Å². The molecule has 3 rings (SSSR count). The first-order chi connectivity index (χ1) is 14.6. The van der Waals surface area contributed by atoms with Crippen LogP contribution in [0.25, 0.3) is 11.0 Å². The number of nitrogens with zero attached hydrogens (tertiary/aromatic N) is 1. The van der Waals surface area contributed by atoms with Crippen molar-refractivity contribution in [1.82, 2.24) is 4.31 Å². The molecule has 1 amide bonds. The Balaban J connectivity index is 1.80. The third-order valence-electron chi connectivity index (χ3n) is 4.38. The second kappa shape index (κ2) is 8.70. The summed E-state index contributed by atoms with van der Waals surface area (Å²) in [6, 6.07) is 11.4. The summed E-state index contributed by atoms with van der Waals surface area (Å²) in [7, 11) is -0.777. The van der Waals surface area contributed by atoms with Crippen LogP contribution in [0.5, 0.6) is 0 Å². The number of benzene rings is 2. The first-order valence-corrected chi connectivity index (χ1v) is 10.6. The molecule has 0 aliphatic carbocycles. The van der Waals surface area contributed by atoms with Gasteiger partial charge in [0.2, 0.25) is 15.9 Å². The number of nitrogens with one attached hydrogen (secondary N) is 1. The predicted octanol–water partition coefficient (Wildman–Crippen LogP) is 2.36. The zero-order valence-electron chi connectivity index (χ0n) is 17.0. The summed E-state index contributed by atoms with van der Waals surface area (Å²) in [5.41, 5.74) is 0.670. The highest BCUT2D eigenvalue weighted by Crippen LogP contribution is 2.22. The highest BCUT2D eigenvalue weighted by atomic mass is 32.2. The van der Waals surface area contributed by atoms with E-state index in [1.807, 2.05) is 0 Å². The van der Waals surface area contributed by atoms with Gasteiger partial charge in [-0.25, -0.2) is 22.3 Å². The number of hydrogen-bond donors (Lipinski definition) is 1. The SMILES string of the molecule is CC(=O)Nc1ccc2c(COC(=O)c3ccc(S(=O)(=O)N(C)C)cc3)cc(=O)oc2c1. The minimum Gasteiger partial charge on any atom is -0.457 e. The number of amides is 1. The number of esters is 1. The average Bonchev–Trinajstić information content (AvgIpc) is 2.70. The topological polar surface area (TPSA) is 123 Å². The Hall–Kier alpha value is -3.50. The van der Waals surface area contributed by atoms with E-state index in [0.29, 0.717) is 16.6 Å². The normalized spacial score (nSPS) is 11.5. The quantitative estimate of drug-likeness (QED) is 0.457. The van der Waals surface area contributed by atoms with E-state index < -0.39 is 21.6 Å². The van der Waals surface area contributed by atoms with Gasteiger partial charge in [0.25, 0.3) is 0 Å². The van der Waals surface area contributed by atoms with Crippen molar-refractivity contribution < 1.29 is 27.2 Å². The maximum absolute atomic E-state index is 12.4. The van der Waals surface area contributed by atoms with Gasteiger partial charge in [0.15, 0.2) is 0 Å². The molecule has 3 aromatic rings. The number of ether oxygens (including phenoxy) is 1. The molecule has 31 heavy (non-hydrogen) atoms. The van der Waals surface area contributed by atoms with Crippen LogP contribution in [0.2, 0.25) is 0 Å². The second-order valence-corrected chi connectivity index (χ2v) is 9.02. The van der Waals surface area contributed by atoms with Gasteiger partial charge in [-0.15, -0.1) is 0 Å². The fourth-order valence-corrected chi connectivity index (χ4v) is 3.73. The molecule has 0 fully saturated rings. The van der Waals surface area contributed by atoms with Crippen LogP contribution in [-0.4, -0.2) is 38.7 Å². The minimum atomic E-state index is -3.61. The Morgan fingerprint density at radius 1 is 1.06 bits per heavy atom. The van der Waals surface area contributed by atoms with Crippen molar-refractivity contribution >= 4 is 38.6 Å². The van der Waals surface area contributed by atoms with E-state index in [1.165, 1.54) is 57.4 Å². The molecule has 0 radical (unpaired) electrons. The summed E-state index contributed by atoms with van der Waals surface area (Å²) in [5.74, 6) is -0.943. The largest absolute Gasteiger partial charge is 0.457 e. The molecule has 0 saturated heterocycles. The lowest BCUT2D eigenvalue weighted by molar-refractivity contribution is -0.114. The second-order valence-electron chi connectivity index (χ2n) is 6.87. The molecular weight excluding hydrogens is 424 g/mol. The summed E-state index contributed by atoms with van der Waals surface area (Å²) in [6.07, 6.45) is 0. The molecule has 1 aromatic heterocycles. The predicted molar refractivity (Wildman–Crippen MR) is 113 cm³/mol. The summed E-state index contributed by atoms with van der Waals surface area (Å²) in [5, 5.41) is 3.15. The van der Waals surface area contributed by atoms with E-state index >= 15 is 0 Å². The minimum absolute atomic E-state index is 0.0516. The third-order valence-corrected chi connectivity index (χ3v) is 6.21. The van der Waals surface area contributed by atoms with Crippen molar-refractivity contribution in [3.8, 4) is 0 Å². The van der Waals surface area contributed by atoms with Crippen LogP contribution in [0, 0.1) is 0 Å². The van der Waals surface area contributed by atoms with Gasteiger partial charge in [-0.2, -0.15) is 0 Å². The lowest BCUT2D eigenvalue weighted by Gasteiger charge is -2.12. The molecule has 0 unspecified atom stereocenters. The number of anilines is 1. The smallest absolute Gasteiger partial charge is 0.338 e. The van der Waals surface area contributed by atoms with Crippen LogP contribution in [-0.2, 0) is 26.2 Å². The van der Waals surface area contributed by atoms with Gasteiger partial charge < -0.3 is 14.5 Å². The summed E-state index contributed by atoms with van der Waals surface area (Å²) in [4.78, 5) is 35.5. The highest BCUT2D eigenvalue weighted by molar-refractivity contribution is 7.89. The zero-order valence-corrected chi connectivity index (χ0v) is 17.9. The standard InChI is InChI=1S/C21H20N2O7S/c1-13(24)22-16-6-9-18-15(10-20(25)30-19(18)11-16)12-29-21(26)14-4-7-17(8-5-14)31(27,28)23(2)3/h4-11H,12H2,1-3H3,(H,22,24). The Morgan fingerprint density at radius 3 is 2.35 bits per heavy atom. The maximum Gasteiger partial charge on any atom is 0.338 e. The first kappa shape index (κ1) is 22.2. The molecule has 0 aliphatic heterocycles. The van der Waals surface area contributed by atoms with Gasteiger partial charge in [0.1, 0.15) is 12.2 Å². The van der Waals surface area contributed by atoms with Crippen LogP contribution < -0.4 is 10.9 Å². The molecule has 162 valence electrons. The number of carbonyl (C=O) groups is 2. The van der Waals surface area contributed by atoms with Crippen molar-refractivity contribution in [2.75, 3.05) is 19.4 Å². The Bertz CT molecular complexity index is 1310. The number of rotatable bonds is 6. The maximum atomic E-state index is 12.4. The monoisotopic (exact) mass is 444 g/mol. The fraction of sp³-hybridized carbons (Fsp3) is 0.190. The van der Waals surface area contributed by atoms with E-state index in [2.05, 4.69) is 5.32 Å². The Morgan fingerprint density at radius 2 is 1.74 bits per heavy atom. The van der Waals surface area contributed by atoms with Gasteiger partial charge in [-0.1, -0.05) is 0 Å². The van der Waals surface area contributed by atoms with E-state index in [1.54, 1.807) is 12.1 Å². The van der Waals surface area contributed by atoms with Crippen LogP contribution in [0.1, 0.15) is 22.8 Å². The summed E-state index contributed by atoms with van der Waals surface area (Å²) < 4.78 is 35.8. The van der Waals surface area contributed by atoms with Crippen molar-refractivity contribution in [2.45, 2.75) is 18.4 Å². The Labute approximate surface area is 178 Å². The molecule has 0 spiro atoms. The van der Waals surface area contributed by atoms with Gasteiger partial charge >= 0.3 is 11.6 Å². The molecule has 0 aliphatic rings. The highest BCUT2D eigenvalue weighted by Gasteiger charge is 2.18. The number of sulfonamides is 1. The zero-order chi connectivity index (χ0) is 22.8. The lowest BCUT2D eigenvalue weighted by Crippen LogP contribution is -2.22. The lowest BCUT2D eigenvalue weighted by atomic mass is 10.1. The van der Waals surface area contributed by atoms with Gasteiger partial charge in [0.05, 0.1) is 10.5 Å². The molecule has 0 atom stereocenters. The molecular formula is C21H20N2O7S. The molecule has 0 bridgehead atoms. The van der Waals surface area contributed by atoms with Crippen LogP contribution in [0.3, 0.4) is 0 Å². The van der Waals surface area contributed by atoms with Crippen molar-refractivity contribution in [1.29, 1.82) is 0 Å². The van der Waals surface area contributed by atoms with Gasteiger partial charge in [-0.3, -0.25) is 4.79 Å². The molecule has 2 aromatic carbocycles. The molecule has 10 heteroatoms. The molecule has 1 N–H and O–H groups in total. The van der Waals surface area contributed by atoms with E-state index in [4.69, 9.17) is 9.15 Å². The number of hydrogen-bond acceptors (Lipinski definition) is 7. The Kier molecular flexibility index (Phi) is 6.23. The van der Waals surface area contributed by atoms with E-state index in [0.717, 1.165) is 4.31 Å². The first-order valence-electron chi connectivity index (χ1n) is 9.12. The molecule has 0 saturated carbocycles. The van der Waals surface area contributed by atoms with Crippen molar-refractivity contribution in [2.24, 2.45) is 0 Å². The summed E-state index contributed by atoms with van der Waals surface area (Å²) >= 11 is 0. The van der Waals surface area contributed by atoms with Crippen LogP contribution >= 0.6 is 0 Å². The van der Waals surface area contributed by atoms with Crippen LogP contribution in [0.4, 0.5) is 5.69 Å². The van der Waals surface area contributed by atoms with Gasteiger partial charge in [-0.05, 0) is 36.4 Å². The van der Waals surface area contributed by atoms with E-state index in [-0.39, 0.29) is 28.6 Å². The number of fused-ring (bicyclic) bond motifs is 1. The average molecular weight is 444 g/mol. The third kappa shape index (κ3) is 4.98. The van der Waals surface area contributed by atoms with Crippen molar-refractivity contribution in [3.05, 3.63) is 70.1 Å². The molecule has 1 heterocycles. The molecule has 9 nitrogen and oxygen atoms in total. The van der Waals surface area contributed by atoms with Crippen LogP contribution in [0.15, 0.2) is 62.6 Å². The summed E-state index contributed by atoms with van der Waals surface area (Å²) in [6.45, 7) is 1.16.